The second kappa shape index (κ2) is 6.15. The second-order valence-electron chi connectivity index (χ2n) is 4.66. The van der Waals surface area contributed by atoms with Crippen LogP contribution in [0.3, 0.4) is 0 Å². The molecule has 1 aliphatic rings. The SMILES string of the molecule is CSC1=N/C(=C\c2ccccc2)C(=O)N1c1ccc(F)cc1. The maximum atomic E-state index is 13.1. The monoisotopic (exact) mass is 312 g/mol. The molecule has 0 unspecified atom stereocenters. The molecule has 3 nitrogen and oxygen atoms in total. The van der Waals surface area contributed by atoms with E-state index in [1.54, 1.807) is 18.2 Å². The Morgan fingerprint density at radius 2 is 1.77 bits per heavy atom. The van der Waals surface area contributed by atoms with Gasteiger partial charge in [0.05, 0.1) is 5.69 Å². The summed E-state index contributed by atoms with van der Waals surface area (Å²) in [6.07, 6.45) is 3.61. The summed E-state index contributed by atoms with van der Waals surface area (Å²) < 4.78 is 13.1. The molecule has 0 radical (unpaired) electrons. The van der Waals surface area contributed by atoms with Crippen LogP contribution in [0, 0.1) is 5.82 Å². The normalized spacial score (nSPS) is 16.3. The number of amidine groups is 1. The minimum Gasteiger partial charge on any atom is -0.266 e. The molecule has 0 spiro atoms. The molecule has 0 aromatic heterocycles. The van der Waals surface area contributed by atoms with Crippen LogP contribution in [0.4, 0.5) is 10.1 Å². The van der Waals surface area contributed by atoms with Crippen LogP contribution in [0.5, 0.6) is 0 Å². The Morgan fingerprint density at radius 1 is 1.09 bits per heavy atom. The number of thioether (sulfide) groups is 1. The minimum atomic E-state index is -0.335. The quantitative estimate of drug-likeness (QED) is 0.787. The Labute approximate surface area is 132 Å². The van der Waals surface area contributed by atoms with Crippen LogP contribution >= 0.6 is 11.8 Å². The lowest BCUT2D eigenvalue weighted by Gasteiger charge is -2.16. The van der Waals surface area contributed by atoms with Crippen molar-refractivity contribution in [2.45, 2.75) is 0 Å². The Bertz CT molecular complexity index is 754. The highest BCUT2D eigenvalue weighted by Crippen LogP contribution is 2.28. The molecular weight excluding hydrogens is 299 g/mol. The second-order valence-corrected chi connectivity index (χ2v) is 5.43. The van der Waals surface area contributed by atoms with Gasteiger partial charge in [0.1, 0.15) is 11.5 Å². The Morgan fingerprint density at radius 3 is 2.41 bits per heavy atom. The van der Waals surface area contributed by atoms with E-state index < -0.39 is 0 Å². The van der Waals surface area contributed by atoms with E-state index in [4.69, 9.17) is 0 Å². The number of aliphatic imine (C=N–C) groups is 1. The van der Waals surface area contributed by atoms with Gasteiger partial charge in [-0.2, -0.15) is 0 Å². The topological polar surface area (TPSA) is 32.7 Å². The zero-order chi connectivity index (χ0) is 15.5. The first-order valence-electron chi connectivity index (χ1n) is 6.68. The number of carbonyl (C=O) groups excluding carboxylic acids is 1. The molecular formula is C17H13FN2OS. The molecule has 1 amide bonds. The summed E-state index contributed by atoms with van der Waals surface area (Å²) in [6, 6.07) is 15.4. The van der Waals surface area contributed by atoms with Gasteiger partial charge in [0.2, 0.25) is 0 Å². The van der Waals surface area contributed by atoms with E-state index >= 15 is 0 Å². The molecule has 2 aromatic carbocycles. The zero-order valence-electron chi connectivity index (χ0n) is 11.9. The number of benzene rings is 2. The number of hydrogen-bond acceptors (Lipinski definition) is 3. The molecule has 0 fully saturated rings. The maximum absolute atomic E-state index is 13.1. The summed E-state index contributed by atoms with van der Waals surface area (Å²) in [5, 5.41) is 0.582. The van der Waals surface area contributed by atoms with Crippen LogP contribution in [-0.4, -0.2) is 17.3 Å². The van der Waals surface area contributed by atoms with Crippen LogP contribution in [-0.2, 0) is 4.79 Å². The van der Waals surface area contributed by atoms with E-state index in [1.165, 1.54) is 28.8 Å². The summed E-state index contributed by atoms with van der Waals surface area (Å²) in [4.78, 5) is 18.5. The van der Waals surface area contributed by atoms with E-state index in [0.29, 0.717) is 16.6 Å². The summed E-state index contributed by atoms with van der Waals surface area (Å²) in [5.74, 6) is -0.544. The largest absolute Gasteiger partial charge is 0.283 e. The molecule has 1 aliphatic heterocycles. The third kappa shape index (κ3) is 2.80. The highest BCUT2D eigenvalue weighted by atomic mass is 32.2. The van der Waals surface area contributed by atoms with Crippen molar-refractivity contribution < 1.29 is 9.18 Å². The lowest BCUT2D eigenvalue weighted by Crippen LogP contribution is -2.30. The van der Waals surface area contributed by atoms with Gasteiger partial charge in [0.25, 0.3) is 5.91 Å². The standard InChI is InChI=1S/C17H13FN2OS/c1-22-17-19-15(11-12-5-3-2-4-6-12)16(21)20(17)14-9-7-13(18)8-10-14/h2-11H,1H3/b15-11-. The molecule has 110 valence electrons. The fraction of sp³-hybridized carbons (Fsp3) is 0.0588. The first-order chi connectivity index (χ1) is 10.7. The van der Waals surface area contributed by atoms with Gasteiger partial charge in [-0.05, 0) is 42.2 Å². The van der Waals surface area contributed by atoms with E-state index in [-0.39, 0.29) is 11.7 Å². The molecule has 0 N–H and O–H groups in total. The van der Waals surface area contributed by atoms with Gasteiger partial charge in [-0.1, -0.05) is 42.1 Å². The van der Waals surface area contributed by atoms with Gasteiger partial charge in [-0.3, -0.25) is 9.69 Å². The predicted molar refractivity (Wildman–Crippen MR) is 89.3 cm³/mol. The van der Waals surface area contributed by atoms with E-state index in [2.05, 4.69) is 4.99 Å². The molecule has 1 heterocycles. The van der Waals surface area contributed by atoms with Crippen molar-refractivity contribution in [2.24, 2.45) is 4.99 Å². The third-order valence-corrected chi connectivity index (χ3v) is 3.84. The molecule has 5 heteroatoms. The molecule has 0 bridgehead atoms. The van der Waals surface area contributed by atoms with Crippen molar-refractivity contribution in [3.63, 3.8) is 0 Å². The van der Waals surface area contributed by atoms with Gasteiger partial charge >= 0.3 is 0 Å². The Hall–Kier alpha value is -2.40. The van der Waals surface area contributed by atoms with Crippen molar-refractivity contribution in [3.05, 3.63) is 71.7 Å². The minimum absolute atomic E-state index is 0.209. The van der Waals surface area contributed by atoms with Gasteiger partial charge in [-0.25, -0.2) is 9.38 Å². The first kappa shape index (κ1) is 14.5. The highest BCUT2D eigenvalue weighted by Gasteiger charge is 2.31. The van der Waals surface area contributed by atoms with Crippen LogP contribution in [0.15, 0.2) is 65.3 Å². The average Bonchev–Trinajstić information content (AvgIpc) is 2.85. The van der Waals surface area contributed by atoms with Gasteiger partial charge in [0.15, 0.2) is 5.17 Å². The lowest BCUT2D eigenvalue weighted by molar-refractivity contribution is -0.113. The molecule has 0 saturated carbocycles. The number of nitrogens with zero attached hydrogens (tertiary/aromatic N) is 2. The van der Waals surface area contributed by atoms with Crippen LogP contribution in [0.1, 0.15) is 5.56 Å². The third-order valence-electron chi connectivity index (χ3n) is 3.20. The highest BCUT2D eigenvalue weighted by molar-refractivity contribution is 8.13. The zero-order valence-corrected chi connectivity index (χ0v) is 12.7. The van der Waals surface area contributed by atoms with Crippen LogP contribution in [0.25, 0.3) is 6.08 Å². The van der Waals surface area contributed by atoms with Crippen molar-refractivity contribution in [3.8, 4) is 0 Å². The summed E-state index contributed by atoms with van der Waals surface area (Å²) in [7, 11) is 0. The maximum Gasteiger partial charge on any atom is 0.283 e. The molecule has 0 saturated heterocycles. The van der Waals surface area contributed by atoms with Crippen molar-refractivity contribution in [1.82, 2.24) is 0 Å². The van der Waals surface area contributed by atoms with E-state index in [0.717, 1.165) is 5.56 Å². The molecule has 0 aliphatic carbocycles. The van der Waals surface area contributed by atoms with E-state index in [1.807, 2.05) is 36.6 Å². The molecule has 0 atom stereocenters. The summed E-state index contributed by atoms with van der Waals surface area (Å²) >= 11 is 1.38. The number of anilines is 1. The summed E-state index contributed by atoms with van der Waals surface area (Å²) in [6.45, 7) is 0. The van der Waals surface area contributed by atoms with Crippen molar-refractivity contribution in [2.75, 3.05) is 11.2 Å². The Balaban J connectivity index is 1.97. The lowest BCUT2D eigenvalue weighted by atomic mass is 10.2. The average molecular weight is 312 g/mol. The van der Waals surface area contributed by atoms with Crippen molar-refractivity contribution in [1.29, 1.82) is 0 Å². The van der Waals surface area contributed by atoms with E-state index in [9.17, 15) is 9.18 Å². The fourth-order valence-electron chi connectivity index (χ4n) is 2.16. The van der Waals surface area contributed by atoms with Gasteiger partial charge in [-0.15, -0.1) is 0 Å². The van der Waals surface area contributed by atoms with Gasteiger partial charge < -0.3 is 0 Å². The summed E-state index contributed by atoms with van der Waals surface area (Å²) in [5.41, 5.74) is 1.90. The molecule has 22 heavy (non-hydrogen) atoms. The van der Waals surface area contributed by atoms with Crippen molar-refractivity contribution >= 4 is 34.6 Å². The first-order valence-corrected chi connectivity index (χ1v) is 7.91. The van der Waals surface area contributed by atoms with Crippen LogP contribution < -0.4 is 4.90 Å². The Kier molecular flexibility index (Phi) is 4.06. The van der Waals surface area contributed by atoms with Crippen LogP contribution in [0.2, 0.25) is 0 Å². The smallest absolute Gasteiger partial charge is 0.266 e. The molecule has 3 rings (SSSR count). The number of rotatable bonds is 2. The number of halogens is 1. The number of carbonyl (C=O) groups is 1. The fourth-order valence-corrected chi connectivity index (χ4v) is 2.72. The number of hydrogen-bond donors (Lipinski definition) is 0. The van der Waals surface area contributed by atoms with Gasteiger partial charge in [0, 0.05) is 0 Å². The number of amides is 1. The predicted octanol–water partition coefficient (Wildman–Crippen LogP) is 3.93. The molecule has 2 aromatic rings.